The molecule has 0 aromatic rings. The minimum Gasteiger partial charge on any atom is -0.395 e. The SMILES string of the molecule is COCC(=O)N1CCN2C(=O)N(CCO)C(=O)[C@H]2C1. The molecule has 4 amide bonds. The predicted molar refractivity (Wildman–Crippen MR) is 63.1 cm³/mol. The van der Waals surface area contributed by atoms with Gasteiger partial charge in [-0.05, 0) is 0 Å². The third-order valence-electron chi connectivity index (χ3n) is 3.35. The number of aliphatic hydroxyl groups excluding tert-OH is 1. The number of aliphatic hydroxyl groups is 1. The lowest BCUT2D eigenvalue weighted by molar-refractivity contribution is -0.139. The average molecular weight is 271 g/mol. The van der Waals surface area contributed by atoms with E-state index in [0.717, 1.165) is 4.90 Å². The summed E-state index contributed by atoms with van der Waals surface area (Å²) in [4.78, 5) is 39.7. The number of rotatable bonds is 4. The second-order valence-corrected chi connectivity index (χ2v) is 4.48. The third-order valence-corrected chi connectivity index (χ3v) is 3.35. The summed E-state index contributed by atoms with van der Waals surface area (Å²) in [5.74, 6) is -0.544. The molecule has 2 saturated heterocycles. The number of hydrogen-bond donors (Lipinski definition) is 1. The predicted octanol–water partition coefficient (Wildman–Crippen LogP) is -1.90. The number of nitrogens with zero attached hydrogens (tertiary/aromatic N) is 3. The number of hydrogen-bond acceptors (Lipinski definition) is 5. The van der Waals surface area contributed by atoms with Crippen molar-refractivity contribution < 1.29 is 24.2 Å². The lowest BCUT2D eigenvalue weighted by atomic mass is 10.2. The maximum atomic E-state index is 12.0. The fourth-order valence-corrected chi connectivity index (χ4v) is 2.40. The van der Waals surface area contributed by atoms with Crippen LogP contribution < -0.4 is 0 Å². The molecule has 2 aliphatic heterocycles. The topological polar surface area (TPSA) is 90.4 Å². The van der Waals surface area contributed by atoms with Gasteiger partial charge in [-0.15, -0.1) is 0 Å². The van der Waals surface area contributed by atoms with Gasteiger partial charge in [0.25, 0.3) is 5.91 Å². The maximum absolute atomic E-state index is 12.0. The number of piperazine rings is 1. The van der Waals surface area contributed by atoms with Crippen LogP contribution in [0.25, 0.3) is 0 Å². The molecule has 106 valence electrons. The van der Waals surface area contributed by atoms with Gasteiger partial charge in [-0.3, -0.25) is 14.5 Å². The number of urea groups is 1. The number of carbonyl (C=O) groups excluding carboxylic acids is 3. The van der Waals surface area contributed by atoms with Crippen LogP contribution in [-0.2, 0) is 14.3 Å². The molecule has 8 heteroatoms. The molecule has 2 aliphatic rings. The number of carbonyl (C=O) groups is 3. The molecule has 1 N–H and O–H groups in total. The first-order valence-electron chi connectivity index (χ1n) is 6.09. The monoisotopic (exact) mass is 271 g/mol. The van der Waals surface area contributed by atoms with Crippen molar-refractivity contribution in [2.75, 3.05) is 46.5 Å². The van der Waals surface area contributed by atoms with Crippen molar-refractivity contribution >= 4 is 17.8 Å². The molecule has 0 spiro atoms. The second kappa shape index (κ2) is 5.54. The van der Waals surface area contributed by atoms with Gasteiger partial charge in [-0.1, -0.05) is 0 Å². The average Bonchev–Trinajstić information content (AvgIpc) is 2.64. The summed E-state index contributed by atoms with van der Waals surface area (Å²) >= 11 is 0. The fraction of sp³-hybridized carbons (Fsp3) is 0.727. The molecule has 1 atom stereocenters. The standard InChI is InChI=1S/C11H17N3O5/c1-19-7-9(16)12-2-3-13-8(6-12)10(17)14(4-5-15)11(13)18/h8,15H,2-7H2,1H3/t8-/m1/s1. The Balaban J connectivity index is 2.06. The number of imide groups is 1. The Kier molecular flexibility index (Phi) is 4.01. The Bertz CT molecular complexity index is 400. The molecule has 0 unspecified atom stereocenters. The van der Waals surface area contributed by atoms with Crippen LogP contribution >= 0.6 is 0 Å². The van der Waals surface area contributed by atoms with E-state index in [1.165, 1.54) is 16.9 Å². The fourth-order valence-electron chi connectivity index (χ4n) is 2.40. The quantitative estimate of drug-likeness (QED) is 0.603. The smallest absolute Gasteiger partial charge is 0.327 e. The van der Waals surface area contributed by atoms with E-state index in [-0.39, 0.29) is 44.1 Å². The molecule has 19 heavy (non-hydrogen) atoms. The first kappa shape index (κ1) is 13.8. The largest absolute Gasteiger partial charge is 0.395 e. The van der Waals surface area contributed by atoms with E-state index in [2.05, 4.69) is 0 Å². The van der Waals surface area contributed by atoms with Crippen molar-refractivity contribution in [1.29, 1.82) is 0 Å². The van der Waals surface area contributed by atoms with Crippen molar-refractivity contribution in [3.05, 3.63) is 0 Å². The van der Waals surface area contributed by atoms with Gasteiger partial charge in [0.05, 0.1) is 19.7 Å². The van der Waals surface area contributed by atoms with Crippen molar-refractivity contribution in [1.82, 2.24) is 14.7 Å². The Morgan fingerprint density at radius 1 is 1.42 bits per heavy atom. The molecule has 0 aromatic heterocycles. The summed E-state index contributed by atoms with van der Waals surface area (Å²) in [5.41, 5.74) is 0. The van der Waals surface area contributed by atoms with Crippen LogP contribution in [0.15, 0.2) is 0 Å². The van der Waals surface area contributed by atoms with Gasteiger partial charge in [0.1, 0.15) is 12.6 Å². The van der Waals surface area contributed by atoms with Crippen LogP contribution in [-0.4, -0.2) is 90.2 Å². The summed E-state index contributed by atoms with van der Waals surface area (Å²) < 4.78 is 4.78. The Morgan fingerprint density at radius 2 is 2.16 bits per heavy atom. The maximum Gasteiger partial charge on any atom is 0.327 e. The first-order chi connectivity index (χ1) is 9.10. The van der Waals surface area contributed by atoms with Gasteiger partial charge >= 0.3 is 6.03 Å². The van der Waals surface area contributed by atoms with Crippen molar-refractivity contribution in [2.45, 2.75) is 6.04 Å². The number of ether oxygens (including phenoxy) is 1. The van der Waals surface area contributed by atoms with E-state index < -0.39 is 6.04 Å². The van der Waals surface area contributed by atoms with Gasteiger partial charge in [0.15, 0.2) is 0 Å². The van der Waals surface area contributed by atoms with E-state index >= 15 is 0 Å². The van der Waals surface area contributed by atoms with Crippen LogP contribution in [0.3, 0.4) is 0 Å². The zero-order valence-corrected chi connectivity index (χ0v) is 10.7. The van der Waals surface area contributed by atoms with Crippen LogP contribution in [0.1, 0.15) is 0 Å². The zero-order valence-electron chi connectivity index (χ0n) is 10.7. The normalized spacial score (nSPS) is 23.1. The van der Waals surface area contributed by atoms with E-state index in [4.69, 9.17) is 9.84 Å². The van der Waals surface area contributed by atoms with Crippen LogP contribution in [0.5, 0.6) is 0 Å². The van der Waals surface area contributed by atoms with Gasteiger partial charge in [0.2, 0.25) is 5.91 Å². The van der Waals surface area contributed by atoms with Gasteiger partial charge < -0.3 is 19.6 Å². The molecule has 0 aliphatic carbocycles. The van der Waals surface area contributed by atoms with E-state index in [1.807, 2.05) is 0 Å². The van der Waals surface area contributed by atoms with E-state index in [9.17, 15) is 14.4 Å². The lowest BCUT2D eigenvalue weighted by Gasteiger charge is -2.35. The van der Waals surface area contributed by atoms with Crippen molar-refractivity contribution in [2.24, 2.45) is 0 Å². The van der Waals surface area contributed by atoms with E-state index in [1.54, 1.807) is 0 Å². The molecule has 2 heterocycles. The summed E-state index contributed by atoms with van der Waals surface area (Å²) in [6.07, 6.45) is 0. The molecular formula is C11H17N3O5. The highest BCUT2D eigenvalue weighted by atomic mass is 16.5. The summed E-state index contributed by atoms with van der Waals surface area (Å²) in [7, 11) is 1.43. The lowest BCUT2D eigenvalue weighted by Crippen LogP contribution is -2.55. The molecule has 0 saturated carbocycles. The first-order valence-corrected chi connectivity index (χ1v) is 6.09. The van der Waals surface area contributed by atoms with Gasteiger partial charge in [-0.25, -0.2) is 4.79 Å². The van der Waals surface area contributed by atoms with Crippen LogP contribution in [0, 0.1) is 0 Å². The second-order valence-electron chi connectivity index (χ2n) is 4.48. The van der Waals surface area contributed by atoms with Crippen LogP contribution in [0.4, 0.5) is 4.79 Å². The Labute approximate surface area is 110 Å². The number of fused-ring (bicyclic) bond motifs is 1. The molecule has 0 bridgehead atoms. The van der Waals surface area contributed by atoms with Crippen molar-refractivity contribution in [3.63, 3.8) is 0 Å². The van der Waals surface area contributed by atoms with E-state index in [0.29, 0.717) is 13.1 Å². The Morgan fingerprint density at radius 3 is 2.79 bits per heavy atom. The highest BCUT2D eigenvalue weighted by molar-refractivity contribution is 6.04. The summed E-state index contributed by atoms with van der Waals surface area (Å²) in [6.45, 7) is 0.613. The summed E-state index contributed by atoms with van der Waals surface area (Å²) in [5, 5.41) is 8.86. The molecule has 2 fully saturated rings. The number of methoxy groups -OCH3 is 1. The molecule has 8 nitrogen and oxygen atoms in total. The number of amides is 4. The zero-order chi connectivity index (χ0) is 14.0. The summed E-state index contributed by atoms with van der Waals surface area (Å²) in [6, 6.07) is -1.02. The van der Waals surface area contributed by atoms with Crippen LogP contribution in [0.2, 0.25) is 0 Å². The molecule has 0 radical (unpaired) electrons. The molecule has 2 rings (SSSR count). The highest BCUT2D eigenvalue weighted by Crippen LogP contribution is 2.21. The number of β-amino-alcohol motifs (C(OH)–C–C–N with tert-alkyl or cyclic N) is 1. The minimum absolute atomic E-state index is 0.00329. The highest BCUT2D eigenvalue weighted by Gasteiger charge is 2.47. The van der Waals surface area contributed by atoms with Gasteiger partial charge in [-0.2, -0.15) is 0 Å². The Hall–Kier alpha value is -1.67. The van der Waals surface area contributed by atoms with Gasteiger partial charge in [0, 0.05) is 20.2 Å². The third kappa shape index (κ3) is 2.41. The van der Waals surface area contributed by atoms with Crippen molar-refractivity contribution in [3.8, 4) is 0 Å². The molecule has 0 aromatic carbocycles. The molecular weight excluding hydrogens is 254 g/mol. The minimum atomic E-state index is -0.631.